The van der Waals surface area contributed by atoms with Crippen LogP contribution in [0.2, 0.25) is 0 Å². The van der Waals surface area contributed by atoms with Crippen LogP contribution in [0.3, 0.4) is 0 Å². The molecule has 1 aromatic heterocycles. The number of amides is 1. The van der Waals surface area contributed by atoms with E-state index in [1.165, 1.54) is 6.07 Å². The second-order valence-electron chi connectivity index (χ2n) is 5.84. The lowest BCUT2D eigenvalue weighted by atomic mass is 10.1. The first-order chi connectivity index (χ1) is 12.2. The van der Waals surface area contributed by atoms with E-state index >= 15 is 0 Å². The highest BCUT2D eigenvalue weighted by molar-refractivity contribution is 5.94. The first-order valence-corrected chi connectivity index (χ1v) is 7.79. The summed E-state index contributed by atoms with van der Waals surface area (Å²) in [6, 6.07) is 7.96. The number of aryl methyl sites for hydroxylation is 2. The van der Waals surface area contributed by atoms with Gasteiger partial charge >= 0.3 is 12.3 Å². The molecule has 0 radical (unpaired) electrons. The maximum Gasteiger partial charge on any atom is 0.330 e. The van der Waals surface area contributed by atoms with Crippen molar-refractivity contribution in [2.75, 3.05) is 6.61 Å². The van der Waals surface area contributed by atoms with E-state index in [2.05, 4.69) is 15.2 Å². The number of benzene rings is 1. The Morgan fingerprint density at radius 3 is 2.69 bits per heavy atom. The predicted molar refractivity (Wildman–Crippen MR) is 86.2 cm³/mol. The zero-order valence-corrected chi connectivity index (χ0v) is 14.3. The second kappa shape index (κ2) is 8.31. The van der Waals surface area contributed by atoms with E-state index in [0.29, 0.717) is 16.8 Å². The van der Waals surface area contributed by atoms with E-state index in [0.717, 1.165) is 5.69 Å². The third-order valence-electron chi connectivity index (χ3n) is 3.67. The third kappa shape index (κ3) is 5.29. The Balaban J connectivity index is 1.90. The van der Waals surface area contributed by atoms with Crippen molar-refractivity contribution >= 4 is 5.91 Å². The van der Waals surface area contributed by atoms with Gasteiger partial charge in [0.05, 0.1) is 18.8 Å². The van der Waals surface area contributed by atoms with Gasteiger partial charge in [-0.25, -0.2) is 8.78 Å². The van der Waals surface area contributed by atoms with E-state index in [9.17, 15) is 22.4 Å². The fraction of sp³-hybridized carbons (Fsp3) is 0.412. The summed E-state index contributed by atoms with van der Waals surface area (Å²) in [5, 5.41) is 6.92. The van der Waals surface area contributed by atoms with Crippen LogP contribution < -0.4 is 5.32 Å². The highest BCUT2D eigenvalue weighted by atomic mass is 19.3. The van der Waals surface area contributed by atoms with Crippen LogP contribution in [-0.2, 0) is 24.9 Å². The molecule has 0 spiro atoms. The van der Waals surface area contributed by atoms with Crippen LogP contribution in [0.25, 0.3) is 0 Å². The molecule has 0 fully saturated rings. The maximum absolute atomic E-state index is 12.8. The van der Waals surface area contributed by atoms with Crippen LogP contribution in [0.15, 0.2) is 30.3 Å². The minimum absolute atomic E-state index is 0.238. The minimum Gasteiger partial charge on any atom is -0.370 e. The number of nitrogens with one attached hydrogen (secondary N) is 1. The number of ether oxygens (including phenoxy) is 1. The summed E-state index contributed by atoms with van der Waals surface area (Å²) in [6.45, 7) is 0.435. The molecule has 26 heavy (non-hydrogen) atoms. The molecule has 0 aliphatic rings. The van der Waals surface area contributed by atoms with Gasteiger partial charge in [0.15, 0.2) is 0 Å². The fourth-order valence-corrected chi connectivity index (χ4v) is 2.16. The Morgan fingerprint density at radius 2 is 2.08 bits per heavy atom. The standard InChI is InChI=1S/C17H19F4N3O2/c1-11-6-14(23-24(11)2)8-22-15(25)13-5-3-4-12(7-13)9-26-10-17(20,21)16(18)19/h3-7,16H,8-10H2,1-2H3,(H,22,25). The van der Waals surface area contributed by atoms with Crippen LogP contribution >= 0.6 is 0 Å². The summed E-state index contributed by atoms with van der Waals surface area (Å²) in [7, 11) is 1.79. The van der Waals surface area contributed by atoms with Crippen LogP contribution in [-0.4, -0.2) is 34.6 Å². The van der Waals surface area contributed by atoms with E-state index in [-0.39, 0.29) is 19.1 Å². The lowest BCUT2D eigenvalue weighted by molar-refractivity contribution is -0.168. The average molecular weight is 373 g/mol. The van der Waals surface area contributed by atoms with Gasteiger partial charge in [0, 0.05) is 18.3 Å². The summed E-state index contributed by atoms with van der Waals surface area (Å²) in [4.78, 5) is 12.2. The van der Waals surface area contributed by atoms with E-state index < -0.39 is 19.0 Å². The van der Waals surface area contributed by atoms with Gasteiger partial charge in [-0.3, -0.25) is 9.48 Å². The van der Waals surface area contributed by atoms with E-state index in [1.807, 2.05) is 13.0 Å². The second-order valence-corrected chi connectivity index (χ2v) is 5.84. The van der Waals surface area contributed by atoms with Crippen molar-refractivity contribution in [3.8, 4) is 0 Å². The van der Waals surface area contributed by atoms with Crippen molar-refractivity contribution in [3.05, 3.63) is 52.8 Å². The van der Waals surface area contributed by atoms with Crippen molar-refractivity contribution in [1.82, 2.24) is 15.1 Å². The van der Waals surface area contributed by atoms with E-state index in [4.69, 9.17) is 0 Å². The quantitative estimate of drug-likeness (QED) is 0.724. The molecule has 1 amide bonds. The highest BCUT2D eigenvalue weighted by Crippen LogP contribution is 2.23. The first kappa shape index (κ1) is 19.9. The Morgan fingerprint density at radius 1 is 1.35 bits per heavy atom. The van der Waals surface area contributed by atoms with Crippen molar-refractivity contribution < 1.29 is 27.1 Å². The SMILES string of the molecule is Cc1cc(CNC(=O)c2cccc(COCC(F)(F)C(F)F)c2)nn1C. The Kier molecular flexibility index (Phi) is 6.36. The zero-order valence-electron chi connectivity index (χ0n) is 14.3. The molecular weight excluding hydrogens is 354 g/mol. The van der Waals surface area contributed by atoms with Gasteiger partial charge in [0.2, 0.25) is 0 Å². The van der Waals surface area contributed by atoms with Gasteiger partial charge < -0.3 is 10.1 Å². The number of aromatic nitrogens is 2. The molecule has 0 saturated carbocycles. The zero-order chi connectivity index (χ0) is 19.3. The highest BCUT2D eigenvalue weighted by Gasteiger charge is 2.40. The van der Waals surface area contributed by atoms with Gasteiger partial charge in [-0.2, -0.15) is 13.9 Å². The molecular formula is C17H19F4N3O2. The number of hydrogen-bond acceptors (Lipinski definition) is 3. The normalized spacial score (nSPS) is 11.8. The van der Waals surface area contributed by atoms with Crippen LogP contribution in [0.1, 0.15) is 27.3 Å². The monoisotopic (exact) mass is 373 g/mol. The van der Waals surface area contributed by atoms with Crippen molar-refractivity contribution in [3.63, 3.8) is 0 Å². The molecule has 9 heteroatoms. The van der Waals surface area contributed by atoms with Gasteiger partial charge in [-0.05, 0) is 30.7 Å². The van der Waals surface area contributed by atoms with Crippen molar-refractivity contribution in [2.24, 2.45) is 7.05 Å². The molecule has 2 rings (SSSR count). The molecule has 1 aromatic carbocycles. The van der Waals surface area contributed by atoms with Gasteiger partial charge in [-0.15, -0.1) is 0 Å². The molecule has 0 bridgehead atoms. The van der Waals surface area contributed by atoms with Crippen molar-refractivity contribution in [1.29, 1.82) is 0 Å². The number of nitrogens with zero attached hydrogens (tertiary/aromatic N) is 2. The minimum atomic E-state index is -4.20. The fourth-order valence-electron chi connectivity index (χ4n) is 2.16. The lowest BCUT2D eigenvalue weighted by Crippen LogP contribution is -2.32. The molecule has 0 aliphatic carbocycles. The smallest absolute Gasteiger partial charge is 0.330 e. The molecule has 5 nitrogen and oxygen atoms in total. The molecule has 2 aromatic rings. The Bertz CT molecular complexity index is 743. The largest absolute Gasteiger partial charge is 0.370 e. The number of hydrogen-bond donors (Lipinski definition) is 1. The summed E-state index contributed by atoms with van der Waals surface area (Å²) in [5.41, 5.74) is 2.39. The summed E-state index contributed by atoms with van der Waals surface area (Å²) in [5.74, 6) is -4.57. The first-order valence-electron chi connectivity index (χ1n) is 7.79. The predicted octanol–water partition coefficient (Wildman–Crippen LogP) is 3.08. The number of carbonyl (C=O) groups is 1. The Hall–Kier alpha value is -2.42. The maximum atomic E-state index is 12.8. The summed E-state index contributed by atoms with van der Waals surface area (Å²) < 4.78 is 56.1. The van der Waals surface area contributed by atoms with Crippen LogP contribution in [0.4, 0.5) is 17.6 Å². The molecule has 0 unspecified atom stereocenters. The number of carbonyl (C=O) groups excluding carboxylic acids is 1. The van der Waals surface area contributed by atoms with E-state index in [1.54, 1.807) is 29.9 Å². The van der Waals surface area contributed by atoms with Crippen molar-refractivity contribution in [2.45, 2.75) is 32.4 Å². The molecule has 0 atom stereocenters. The van der Waals surface area contributed by atoms with Gasteiger partial charge in [0.1, 0.15) is 6.61 Å². The molecule has 1 heterocycles. The molecule has 0 aliphatic heterocycles. The summed E-state index contributed by atoms with van der Waals surface area (Å²) >= 11 is 0. The summed E-state index contributed by atoms with van der Waals surface area (Å²) in [6.07, 6.45) is -3.78. The molecule has 0 saturated heterocycles. The number of alkyl halides is 4. The van der Waals surface area contributed by atoms with Gasteiger partial charge in [-0.1, -0.05) is 12.1 Å². The Labute approximate surface area is 148 Å². The van der Waals surface area contributed by atoms with Gasteiger partial charge in [0.25, 0.3) is 5.91 Å². The average Bonchev–Trinajstić information content (AvgIpc) is 2.91. The molecule has 142 valence electrons. The van der Waals surface area contributed by atoms with Crippen LogP contribution in [0.5, 0.6) is 0 Å². The number of rotatable bonds is 8. The number of halogens is 4. The molecule has 1 N–H and O–H groups in total. The third-order valence-corrected chi connectivity index (χ3v) is 3.67. The topological polar surface area (TPSA) is 56.1 Å². The van der Waals surface area contributed by atoms with Crippen LogP contribution in [0, 0.1) is 6.92 Å². The lowest BCUT2D eigenvalue weighted by Gasteiger charge is -2.15.